The summed E-state index contributed by atoms with van der Waals surface area (Å²) in [5.74, 6) is -4.33. The van der Waals surface area contributed by atoms with Gasteiger partial charge in [0.2, 0.25) is 23.6 Å². The molecule has 0 amide bonds. The third-order valence-corrected chi connectivity index (χ3v) is 10.4. The molecule has 4 aromatic carbocycles. The molecule has 0 saturated carbocycles. The maximum absolute atomic E-state index is 14.4. The standard InChI is InChI=1S/C48H48O18/c1-25-40(65-47-45(57-23-31-14-10-7-11-15-31)42(61-27(3)50)37(24-58-47)60-26(2)49)44(62-28(4)51)46(63-29(5)52)48(59-25)66-43-39(55)38-35(54)20-33(53)21-36(38)64-41(43)32-16-18-34(19-17-32)56-22-30-12-8-6-9-13-30/h6-21,25,37,40,42,44-48,53-54H,22-24H2,1-5H3/t25-,37-,40-,42-,44+,45+,46+,47+,48-/m0/s1. The molecule has 7 rings (SSSR count). The van der Waals surface area contributed by atoms with Crippen molar-refractivity contribution in [3.63, 3.8) is 0 Å². The lowest BCUT2D eigenvalue weighted by atomic mass is 9.98. The van der Waals surface area contributed by atoms with Crippen LogP contribution in [0.3, 0.4) is 0 Å². The Labute approximate surface area is 377 Å². The summed E-state index contributed by atoms with van der Waals surface area (Å²) in [6, 6.07) is 27.0. The van der Waals surface area contributed by atoms with Crippen LogP contribution in [0.1, 0.15) is 45.7 Å². The molecule has 66 heavy (non-hydrogen) atoms. The number of hydrogen-bond donors (Lipinski definition) is 2. The highest BCUT2D eigenvalue weighted by Gasteiger charge is 2.54. The molecule has 2 aliphatic rings. The van der Waals surface area contributed by atoms with E-state index in [-0.39, 0.29) is 42.1 Å². The molecule has 0 bridgehead atoms. The summed E-state index contributed by atoms with van der Waals surface area (Å²) >= 11 is 0. The molecule has 2 aliphatic heterocycles. The van der Waals surface area contributed by atoms with Crippen molar-refractivity contribution >= 4 is 34.8 Å². The van der Waals surface area contributed by atoms with Gasteiger partial charge in [-0.2, -0.15) is 0 Å². The van der Waals surface area contributed by atoms with Crippen molar-refractivity contribution in [3.05, 3.63) is 118 Å². The number of ether oxygens (including phenoxy) is 10. The second kappa shape index (κ2) is 20.9. The number of phenolic OH excluding ortho intramolecular Hbond substituents is 2. The lowest BCUT2D eigenvalue weighted by molar-refractivity contribution is -0.341. The summed E-state index contributed by atoms with van der Waals surface area (Å²) in [7, 11) is 0. The van der Waals surface area contributed by atoms with Gasteiger partial charge in [-0.05, 0) is 42.3 Å². The average Bonchev–Trinajstić information content (AvgIpc) is 3.26. The molecular weight excluding hydrogens is 865 g/mol. The smallest absolute Gasteiger partial charge is 0.303 e. The van der Waals surface area contributed by atoms with Crippen molar-refractivity contribution in [3.8, 4) is 34.3 Å². The number of aromatic hydroxyl groups is 2. The van der Waals surface area contributed by atoms with Gasteiger partial charge in [-0.25, -0.2) is 0 Å². The Hall–Kier alpha value is -6.99. The van der Waals surface area contributed by atoms with Crippen LogP contribution in [0.2, 0.25) is 0 Å². The lowest BCUT2D eigenvalue weighted by Crippen LogP contribution is -2.65. The van der Waals surface area contributed by atoms with Gasteiger partial charge in [0, 0.05) is 45.4 Å². The van der Waals surface area contributed by atoms with E-state index in [2.05, 4.69) is 0 Å². The van der Waals surface area contributed by atoms with E-state index in [0.717, 1.165) is 37.1 Å². The number of phenols is 2. The predicted molar refractivity (Wildman–Crippen MR) is 229 cm³/mol. The van der Waals surface area contributed by atoms with Crippen LogP contribution in [0.25, 0.3) is 22.3 Å². The van der Waals surface area contributed by atoms with E-state index in [4.69, 9.17) is 51.8 Å². The molecule has 0 unspecified atom stereocenters. The fraction of sp³-hybridized carbons (Fsp3) is 0.354. The zero-order valence-corrected chi connectivity index (χ0v) is 36.5. The van der Waals surface area contributed by atoms with Crippen molar-refractivity contribution in [2.24, 2.45) is 0 Å². The van der Waals surface area contributed by atoms with Gasteiger partial charge < -0.3 is 62.0 Å². The summed E-state index contributed by atoms with van der Waals surface area (Å²) in [5.41, 5.74) is 0.855. The molecule has 18 heteroatoms. The topological polar surface area (TPSA) is 231 Å². The molecule has 2 N–H and O–H groups in total. The third-order valence-electron chi connectivity index (χ3n) is 10.4. The van der Waals surface area contributed by atoms with E-state index in [9.17, 15) is 34.2 Å². The molecule has 5 aromatic rings. The first-order chi connectivity index (χ1) is 31.6. The molecule has 0 aliphatic carbocycles. The summed E-state index contributed by atoms with van der Waals surface area (Å²) in [5, 5.41) is 20.8. The van der Waals surface area contributed by atoms with Crippen molar-refractivity contribution in [1.82, 2.24) is 0 Å². The maximum atomic E-state index is 14.4. The zero-order valence-electron chi connectivity index (χ0n) is 36.5. The molecule has 3 heterocycles. The summed E-state index contributed by atoms with van der Waals surface area (Å²) in [4.78, 5) is 64.7. The first-order valence-electron chi connectivity index (χ1n) is 20.9. The number of esters is 4. The van der Waals surface area contributed by atoms with E-state index in [0.29, 0.717) is 5.75 Å². The third kappa shape index (κ3) is 11.3. The Kier molecular flexibility index (Phi) is 14.9. The molecule has 18 nitrogen and oxygen atoms in total. The molecular formula is C48H48O18. The minimum atomic E-state index is -1.72. The molecule has 2 fully saturated rings. The SMILES string of the molecule is CC(=O)O[C@@H]1[C@@H](O[C@H]2OC[C@H](OC(C)=O)[C@H](OC(C)=O)[C@H]2OCc2ccccc2)[C@H](C)O[C@@H](Oc2c(-c3ccc(OCc4ccccc4)cc3)oc3cc(O)cc(O)c3c2=O)[C@@H]1OC(C)=O. The van der Waals surface area contributed by atoms with Crippen molar-refractivity contribution in [1.29, 1.82) is 0 Å². The zero-order chi connectivity index (χ0) is 47.1. The van der Waals surface area contributed by atoms with Crippen LogP contribution >= 0.6 is 0 Å². The Morgan fingerprint density at radius 2 is 1.26 bits per heavy atom. The maximum Gasteiger partial charge on any atom is 0.303 e. The Bertz CT molecular complexity index is 2560. The van der Waals surface area contributed by atoms with Gasteiger partial charge in [-0.3, -0.25) is 24.0 Å². The first-order valence-corrected chi connectivity index (χ1v) is 20.9. The van der Waals surface area contributed by atoms with E-state index in [1.807, 2.05) is 36.4 Å². The highest BCUT2D eigenvalue weighted by molar-refractivity contribution is 5.88. The van der Waals surface area contributed by atoms with E-state index < -0.39 is 102 Å². The summed E-state index contributed by atoms with van der Waals surface area (Å²) in [6.45, 7) is 6.01. The molecule has 0 spiro atoms. The van der Waals surface area contributed by atoms with Crippen molar-refractivity contribution in [2.75, 3.05) is 6.61 Å². The Balaban J connectivity index is 1.24. The highest BCUT2D eigenvalue weighted by atomic mass is 16.8. The van der Waals surface area contributed by atoms with Gasteiger partial charge in [0.05, 0.1) is 19.3 Å². The number of carbonyl (C=O) groups excluding carboxylic acids is 4. The Morgan fingerprint density at radius 3 is 1.88 bits per heavy atom. The average molecular weight is 913 g/mol. The number of fused-ring (bicyclic) bond motifs is 1. The van der Waals surface area contributed by atoms with E-state index in [1.54, 1.807) is 48.5 Å². The van der Waals surface area contributed by atoms with Crippen molar-refractivity contribution < 1.29 is 81.2 Å². The fourth-order valence-corrected chi connectivity index (χ4v) is 7.63. The van der Waals surface area contributed by atoms with Crippen molar-refractivity contribution in [2.45, 2.75) is 103 Å². The molecule has 2 saturated heterocycles. The number of carbonyl (C=O) groups is 4. The Morgan fingerprint density at radius 1 is 0.667 bits per heavy atom. The second-order valence-electron chi connectivity index (χ2n) is 15.5. The van der Waals surface area contributed by atoms with Crippen LogP contribution in [0, 0.1) is 0 Å². The number of rotatable bonds is 15. The van der Waals surface area contributed by atoms with Crippen LogP contribution < -0.4 is 14.9 Å². The van der Waals surface area contributed by atoms with Gasteiger partial charge >= 0.3 is 23.9 Å². The van der Waals surface area contributed by atoms with Crippen LogP contribution in [-0.2, 0) is 70.3 Å². The molecule has 9 atom stereocenters. The molecule has 1 aromatic heterocycles. The van der Waals surface area contributed by atoms with E-state index in [1.165, 1.54) is 20.8 Å². The van der Waals surface area contributed by atoms with Gasteiger partial charge in [-0.15, -0.1) is 0 Å². The van der Waals surface area contributed by atoms with Gasteiger partial charge in [0.15, 0.2) is 30.4 Å². The van der Waals surface area contributed by atoms with Gasteiger partial charge in [-0.1, -0.05) is 60.7 Å². The van der Waals surface area contributed by atoms with Gasteiger partial charge in [0.1, 0.15) is 47.0 Å². The highest BCUT2D eigenvalue weighted by Crippen LogP contribution is 2.39. The van der Waals surface area contributed by atoms with Gasteiger partial charge in [0.25, 0.3) is 0 Å². The van der Waals surface area contributed by atoms with Crippen LogP contribution in [0.15, 0.2) is 106 Å². The summed E-state index contributed by atoms with van der Waals surface area (Å²) in [6.07, 6.45) is -12.5. The van der Waals surface area contributed by atoms with Crippen LogP contribution in [-0.4, -0.2) is 96.0 Å². The van der Waals surface area contributed by atoms with Crippen LogP contribution in [0.4, 0.5) is 0 Å². The van der Waals surface area contributed by atoms with E-state index >= 15 is 0 Å². The second-order valence-corrected chi connectivity index (χ2v) is 15.5. The first kappa shape index (κ1) is 47.0. The predicted octanol–water partition coefficient (Wildman–Crippen LogP) is 5.63. The quantitative estimate of drug-likeness (QED) is 0.0957. The fourth-order valence-electron chi connectivity index (χ4n) is 7.63. The molecule has 348 valence electrons. The summed E-state index contributed by atoms with van der Waals surface area (Å²) < 4.78 is 66.3. The number of hydrogen-bond acceptors (Lipinski definition) is 18. The molecule has 0 radical (unpaired) electrons. The number of benzene rings is 4. The minimum Gasteiger partial charge on any atom is -0.508 e. The largest absolute Gasteiger partial charge is 0.508 e. The van der Waals surface area contributed by atoms with Crippen LogP contribution in [0.5, 0.6) is 23.0 Å². The normalized spacial score (nSPS) is 23.9. The monoisotopic (exact) mass is 912 g/mol. The minimum absolute atomic E-state index is 0.0371. The lowest BCUT2D eigenvalue weighted by Gasteiger charge is -2.47.